The Morgan fingerprint density at radius 2 is 1.73 bits per heavy atom. The zero-order chi connectivity index (χ0) is 21.8. The second-order valence-electron chi connectivity index (χ2n) is 7.05. The Bertz CT molecular complexity index is 736. The van der Waals surface area contributed by atoms with Crippen LogP contribution in [0.4, 0.5) is 8.78 Å². The van der Waals surface area contributed by atoms with E-state index in [2.05, 4.69) is 10.9 Å². The number of nitrogens with one attached hydrogen (secondary N) is 2. The fourth-order valence-electron chi connectivity index (χ4n) is 2.90. The third-order valence-corrected chi connectivity index (χ3v) is 4.70. The van der Waals surface area contributed by atoms with Crippen molar-refractivity contribution in [3.8, 4) is 5.75 Å². The number of rotatable bonds is 12. The van der Waals surface area contributed by atoms with Gasteiger partial charge in [-0.2, -0.15) is 0 Å². The smallest absolute Gasteiger partial charge is 0.165 e. The molecule has 0 bridgehead atoms. The van der Waals surface area contributed by atoms with Gasteiger partial charge < -0.3 is 9.47 Å². The molecule has 1 saturated carbocycles. The van der Waals surface area contributed by atoms with Crippen molar-refractivity contribution in [1.29, 1.82) is 0 Å². The summed E-state index contributed by atoms with van der Waals surface area (Å²) in [7, 11) is 0. The molecule has 3 rings (SSSR count). The van der Waals surface area contributed by atoms with Gasteiger partial charge in [0.15, 0.2) is 11.6 Å². The first-order valence-electron chi connectivity index (χ1n) is 10.9. The average molecular weight is 421 g/mol. The van der Waals surface area contributed by atoms with E-state index in [4.69, 9.17) is 9.47 Å². The lowest BCUT2D eigenvalue weighted by Gasteiger charge is -2.21. The van der Waals surface area contributed by atoms with Gasteiger partial charge in [0.25, 0.3) is 0 Å². The first kappa shape index (κ1) is 24.3. The normalized spacial score (nSPS) is 14.0. The van der Waals surface area contributed by atoms with Crippen LogP contribution >= 0.6 is 0 Å². The van der Waals surface area contributed by atoms with E-state index in [-0.39, 0.29) is 23.4 Å². The molecule has 1 aliphatic carbocycles. The Morgan fingerprint density at radius 3 is 2.40 bits per heavy atom. The van der Waals surface area contributed by atoms with Crippen LogP contribution in [0.2, 0.25) is 0 Å². The molecule has 0 heterocycles. The van der Waals surface area contributed by atoms with Crippen molar-refractivity contribution in [2.24, 2.45) is 5.92 Å². The minimum atomic E-state index is -0.369. The lowest BCUT2D eigenvalue weighted by atomic mass is 9.99. The molecule has 0 aromatic heterocycles. The fourth-order valence-corrected chi connectivity index (χ4v) is 2.90. The van der Waals surface area contributed by atoms with Crippen LogP contribution in [0.25, 0.3) is 0 Å². The molecule has 1 fully saturated rings. The van der Waals surface area contributed by atoms with Crippen molar-refractivity contribution < 1.29 is 18.3 Å². The lowest BCUT2D eigenvalue weighted by molar-refractivity contribution is 0.143. The monoisotopic (exact) mass is 420 g/mol. The zero-order valence-corrected chi connectivity index (χ0v) is 18.2. The van der Waals surface area contributed by atoms with Gasteiger partial charge in [0.2, 0.25) is 0 Å². The van der Waals surface area contributed by atoms with E-state index < -0.39 is 0 Å². The van der Waals surface area contributed by atoms with Gasteiger partial charge in [0.1, 0.15) is 5.82 Å². The number of hydrogen-bond donors (Lipinski definition) is 2. The summed E-state index contributed by atoms with van der Waals surface area (Å²) in [6.45, 7) is 8.61. The van der Waals surface area contributed by atoms with Crippen molar-refractivity contribution >= 4 is 0 Å². The highest BCUT2D eigenvalue weighted by molar-refractivity contribution is 5.37. The first-order chi connectivity index (χ1) is 14.7. The highest BCUT2D eigenvalue weighted by Crippen LogP contribution is 2.32. The second-order valence-corrected chi connectivity index (χ2v) is 7.05. The summed E-state index contributed by atoms with van der Waals surface area (Å²) in [5.74, 6) is 0.141. The molecule has 0 radical (unpaired) electrons. The Balaban J connectivity index is 0.00000155. The number of ether oxygens (including phenoxy) is 2. The minimum absolute atomic E-state index is 0.259. The van der Waals surface area contributed by atoms with Gasteiger partial charge in [-0.3, -0.25) is 5.43 Å². The molecule has 2 N–H and O–H groups in total. The largest absolute Gasteiger partial charge is 0.490 e. The van der Waals surface area contributed by atoms with Crippen molar-refractivity contribution in [2.75, 3.05) is 26.4 Å². The molecule has 0 saturated heterocycles. The summed E-state index contributed by atoms with van der Waals surface area (Å²) in [5.41, 5.74) is 8.18. The van der Waals surface area contributed by atoms with Gasteiger partial charge in [0.05, 0.1) is 12.6 Å². The number of halogens is 2. The molecule has 2 aromatic carbocycles. The summed E-state index contributed by atoms with van der Waals surface area (Å²) < 4.78 is 38.5. The van der Waals surface area contributed by atoms with E-state index in [1.807, 2.05) is 20.8 Å². The predicted molar refractivity (Wildman–Crippen MR) is 116 cm³/mol. The Labute approximate surface area is 178 Å². The standard InChI is InChI=1S/C22H28F2N2O2.C2H6/c1-2-27-13-3-12-25-26-22(17-6-9-19(23)10-7-17)18-8-11-20(24)21(14-18)28-15-16-4-5-16;1-2/h6-11,14,16,22,25-26H,2-5,12-13,15H2,1H3;1-2H3. The zero-order valence-electron chi connectivity index (χ0n) is 18.2. The molecule has 1 aliphatic rings. The Hall–Kier alpha value is -2.02. The molecule has 0 aliphatic heterocycles. The maximum Gasteiger partial charge on any atom is 0.165 e. The second kappa shape index (κ2) is 13.3. The maximum atomic E-state index is 14.2. The van der Waals surface area contributed by atoms with E-state index in [1.165, 1.54) is 18.2 Å². The van der Waals surface area contributed by atoms with Gasteiger partial charge in [-0.1, -0.05) is 32.0 Å². The van der Waals surface area contributed by atoms with Crippen LogP contribution < -0.4 is 15.6 Å². The summed E-state index contributed by atoms with van der Waals surface area (Å²) in [4.78, 5) is 0. The van der Waals surface area contributed by atoms with Crippen molar-refractivity contribution in [1.82, 2.24) is 10.9 Å². The van der Waals surface area contributed by atoms with Crippen molar-refractivity contribution in [2.45, 2.75) is 46.1 Å². The van der Waals surface area contributed by atoms with Crippen molar-refractivity contribution in [3.63, 3.8) is 0 Å². The lowest BCUT2D eigenvalue weighted by Crippen LogP contribution is -2.37. The van der Waals surface area contributed by atoms with Gasteiger partial charge >= 0.3 is 0 Å². The van der Waals surface area contributed by atoms with Crippen LogP contribution in [0.1, 0.15) is 57.2 Å². The molecule has 1 atom stereocenters. The SMILES string of the molecule is CC.CCOCCCNNC(c1ccc(F)cc1)c1ccc(F)c(OCC2CC2)c1. The van der Waals surface area contributed by atoms with Gasteiger partial charge in [-0.05, 0) is 67.5 Å². The van der Waals surface area contributed by atoms with E-state index in [1.54, 1.807) is 24.3 Å². The highest BCUT2D eigenvalue weighted by Gasteiger charge is 2.23. The predicted octanol–water partition coefficient (Wildman–Crippen LogP) is 5.39. The third kappa shape index (κ3) is 8.01. The van der Waals surface area contributed by atoms with Crippen LogP contribution in [0.5, 0.6) is 5.75 Å². The maximum absolute atomic E-state index is 14.2. The Kier molecular flexibility index (Phi) is 10.8. The first-order valence-corrected chi connectivity index (χ1v) is 10.9. The van der Waals surface area contributed by atoms with Gasteiger partial charge in [0, 0.05) is 19.8 Å². The number of hydrogen-bond acceptors (Lipinski definition) is 4. The van der Waals surface area contributed by atoms with E-state index >= 15 is 0 Å². The van der Waals surface area contributed by atoms with Crippen LogP contribution in [0.3, 0.4) is 0 Å². The summed E-state index contributed by atoms with van der Waals surface area (Å²) >= 11 is 0. The average Bonchev–Trinajstić information content (AvgIpc) is 3.60. The molecule has 2 aromatic rings. The van der Waals surface area contributed by atoms with E-state index in [9.17, 15) is 8.78 Å². The van der Waals surface area contributed by atoms with Gasteiger partial charge in [-0.25, -0.2) is 14.2 Å². The summed E-state index contributed by atoms with van der Waals surface area (Å²) in [6.07, 6.45) is 3.15. The molecule has 4 nitrogen and oxygen atoms in total. The van der Waals surface area contributed by atoms with E-state index in [0.717, 1.165) is 30.4 Å². The number of benzene rings is 2. The van der Waals surface area contributed by atoms with Crippen LogP contribution in [0, 0.1) is 17.6 Å². The Morgan fingerprint density at radius 1 is 1.03 bits per heavy atom. The molecule has 1 unspecified atom stereocenters. The molecule has 6 heteroatoms. The highest BCUT2D eigenvalue weighted by atomic mass is 19.1. The van der Waals surface area contributed by atoms with E-state index in [0.29, 0.717) is 32.3 Å². The fraction of sp³-hybridized carbons (Fsp3) is 0.500. The molecule has 166 valence electrons. The number of hydrazine groups is 1. The van der Waals surface area contributed by atoms with Crippen LogP contribution in [-0.4, -0.2) is 26.4 Å². The topological polar surface area (TPSA) is 42.5 Å². The molecular formula is C24H34F2N2O2. The summed E-state index contributed by atoms with van der Waals surface area (Å²) in [6, 6.07) is 10.9. The quantitative estimate of drug-likeness (QED) is 0.357. The molecule has 0 spiro atoms. The van der Waals surface area contributed by atoms with Gasteiger partial charge in [-0.15, -0.1) is 0 Å². The van der Waals surface area contributed by atoms with Crippen molar-refractivity contribution in [3.05, 3.63) is 65.2 Å². The molecular weight excluding hydrogens is 386 g/mol. The summed E-state index contributed by atoms with van der Waals surface area (Å²) in [5, 5.41) is 0. The third-order valence-electron chi connectivity index (χ3n) is 4.70. The van der Waals surface area contributed by atoms with Crippen LogP contribution in [0.15, 0.2) is 42.5 Å². The molecule has 30 heavy (non-hydrogen) atoms. The molecule has 0 amide bonds. The minimum Gasteiger partial charge on any atom is -0.490 e. The van der Waals surface area contributed by atoms with Crippen LogP contribution in [-0.2, 0) is 4.74 Å².